The highest BCUT2D eigenvalue weighted by molar-refractivity contribution is 5.61. The molecule has 100 valence electrons. The van der Waals surface area contributed by atoms with Crippen molar-refractivity contribution in [3.63, 3.8) is 0 Å². The number of hydrogen-bond donors (Lipinski definition) is 1. The van der Waals surface area contributed by atoms with Crippen LogP contribution in [0, 0.1) is 15.9 Å². The van der Waals surface area contributed by atoms with Crippen molar-refractivity contribution in [1.29, 1.82) is 0 Å². The number of benzene rings is 1. The molecule has 5 nitrogen and oxygen atoms in total. The van der Waals surface area contributed by atoms with Crippen molar-refractivity contribution < 1.29 is 14.1 Å². The monoisotopic (exact) mass is 256 g/mol. The van der Waals surface area contributed by atoms with Gasteiger partial charge in [0.25, 0.3) is 5.69 Å². The van der Waals surface area contributed by atoms with Crippen molar-refractivity contribution in [2.75, 3.05) is 25.1 Å². The highest BCUT2D eigenvalue weighted by Gasteiger charge is 2.14. The van der Waals surface area contributed by atoms with Gasteiger partial charge in [0.15, 0.2) is 0 Å². The van der Waals surface area contributed by atoms with E-state index in [-0.39, 0.29) is 5.69 Å². The van der Waals surface area contributed by atoms with E-state index in [1.54, 1.807) is 0 Å². The van der Waals surface area contributed by atoms with Gasteiger partial charge < -0.3 is 10.1 Å². The average molecular weight is 256 g/mol. The van der Waals surface area contributed by atoms with Crippen LogP contribution in [-0.2, 0) is 4.74 Å². The summed E-state index contributed by atoms with van der Waals surface area (Å²) in [6, 6.07) is 3.45. The van der Waals surface area contributed by atoms with Gasteiger partial charge in [0.05, 0.1) is 17.6 Å². The van der Waals surface area contributed by atoms with E-state index in [1.807, 2.05) is 0 Å². The summed E-state index contributed by atoms with van der Waals surface area (Å²) in [6.45, 7) is 3.68. The first-order valence-electron chi connectivity index (χ1n) is 5.90. The number of anilines is 1. The van der Waals surface area contributed by atoms with Crippen molar-refractivity contribution in [1.82, 2.24) is 0 Å². The molecule has 0 amide bonds. The van der Waals surface area contributed by atoms with E-state index >= 15 is 0 Å². The van der Waals surface area contributed by atoms with Crippen LogP contribution >= 0.6 is 0 Å². The first-order chi connectivity index (χ1) is 8.65. The standard InChI is InChI=1S/C12H17FN2O3/c1-2-3-7-18-8-6-14-11-5-4-10(13)9-12(11)15(16)17/h4-5,9,14H,2-3,6-8H2,1H3. The molecule has 0 saturated heterocycles. The van der Waals surface area contributed by atoms with Gasteiger partial charge in [-0.1, -0.05) is 13.3 Å². The average Bonchev–Trinajstić information content (AvgIpc) is 2.35. The van der Waals surface area contributed by atoms with Gasteiger partial charge in [-0.2, -0.15) is 0 Å². The third-order valence-corrected chi connectivity index (χ3v) is 2.36. The summed E-state index contributed by atoms with van der Waals surface area (Å²) in [5.41, 5.74) is 0.0454. The number of nitrogens with one attached hydrogen (secondary N) is 1. The lowest BCUT2D eigenvalue weighted by atomic mass is 10.2. The molecule has 0 radical (unpaired) electrons. The molecule has 1 N–H and O–H groups in total. The molecule has 0 atom stereocenters. The van der Waals surface area contributed by atoms with Crippen LogP contribution in [-0.4, -0.2) is 24.7 Å². The SMILES string of the molecule is CCCCOCCNc1ccc(F)cc1[N+](=O)[O-]. The van der Waals surface area contributed by atoms with Gasteiger partial charge in [0.1, 0.15) is 11.5 Å². The zero-order valence-corrected chi connectivity index (χ0v) is 10.3. The second-order valence-corrected chi connectivity index (χ2v) is 3.81. The number of nitro groups is 1. The molecular weight excluding hydrogens is 239 g/mol. The molecule has 1 aromatic rings. The number of hydrogen-bond acceptors (Lipinski definition) is 4. The lowest BCUT2D eigenvalue weighted by Gasteiger charge is -2.07. The molecule has 0 spiro atoms. The Balaban J connectivity index is 2.44. The van der Waals surface area contributed by atoms with Crippen molar-refractivity contribution in [3.8, 4) is 0 Å². The van der Waals surface area contributed by atoms with Crippen LogP contribution in [0.5, 0.6) is 0 Å². The molecule has 1 rings (SSSR count). The van der Waals surface area contributed by atoms with Crippen LogP contribution in [0.1, 0.15) is 19.8 Å². The van der Waals surface area contributed by atoms with E-state index < -0.39 is 10.7 Å². The number of rotatable bonds is 8. The zero-order valence-electron chi connectivity index (χ0n) is 10.3. The number of nitro benzene ring substituents is 1. The van der Waals surface area contributed by atoms with E-state index in [0.29, 0.717) is 25.4 Å². The minimum atomic E-state index is -0.619. The maximum absolute atomic E-state index is 12.9. The molecule has 0 aliphatic heterocycles. The summed E-state index contributed by atoms with van der Waals surface area (Å²) < 4.78 is 18.2. The van der Waals surface area contributed by atoms with Crippen LogP contribution in [0.15, 0.2) is 18.2 Å². The Bertz CT molecular complexity index is 399. The maximum atomic E-state index is 12.9. The van der Waals surface area contributed by atoms with Gasteiger partial charge in [-0.05, 0) is 18.6 Å². The summed E-state index contributed by atoms with van der Waals surface area (Å²) >= 11 is 0. The van der Waals surface area contributed by atoms with E-state index in [1.165, 1.54) is 12.1 Å². The molecule has 0 heterocycles. The summed E-state index contributed by atoms with van der Waals surface area (Å²) in [5, 5.41) is 13.6. The molecule has 0 unspecified atom stereocenters. The van der Waals surface area contributed by atoms with Gasteiger partial charge in [0, 0.05) is 13.2 Å². The number of nitrogens with zero attached hydrogens (tertiary/aromatic N) is 1. The van der Waals surface area contributed by atoms with E-state index in [4.69, 9.17) is 4.74 Å². The minimum Gasteiger partial charge on any atom is -0.380 e. The van der Waals surface area contributed by atoms with Crippen LogP contribution in [0.4, 0.5) is 15.8 Å². The third kappa shape index (κ3) is 4.67. The lowest BCUT2D eigenvalue weighted by molar-refractivity contribution is -0.384. The Hall–Kier alpha value is -1.69. The fourth-order valence-corrected chi connectivity index (χ4v) is 1.41. The Morgan fingerprint density at radius 2 is 2.22 bits per heavy atom. The topological polar surface area (TPSA) is 64.4 Å². The van der Waals surface area contributed by atoms with Gasteiger partial charge in [-0.15, -0.1) is 0 Å². The first-order valence-corrected chi connectivity index (χ1v) is 5.90. The zero-order chi connectivity index (χ0) is 13.4. The number of ether oxygens (including phenoxy) is 1. The van der Waals surface area contributed by atoms with E-state index in [9.17, 15) is 14.5 Å². The second-order valence-electron chi connectivity index (χ2n) is 3.81. The summed E-state index contributed by atoms with van der Waals surface area (Å²) in [6.07, 6.45) is 2.06. The molecule has 0 aliphatic carbocycles. The normalized spacial score (nSPS) is 10.3. The fraction of sp³-hybridized carbons (Fsp3) is 0.500. The highest BCUT2D eigenvalue weighted by Crippen LogP contribution is 2.24. The van der Waals surface area contributed by atoms with E-state index in [0.717, 1.165) is 18.9 Å². The Kier molecular flexibility index (Phi) is 6.07. The molecule has 0 saturated carbocycles. The predicted octanol–water partition coefficient (Wildman–Crippen LogP) is 2.96. The van der Waals surface area contributed by atoms with Gasteiger partial charge in [0.2, 0.25) is 0 Å². The number of halogens is 1. The highest BCUT2D eigenvalue weighted by atomic mass is 19.1. The van der Waals surface area contributed by atoms with Crippen LogP contribution < -0.4 is 5.32 Å². The third-order valence-electron chi connectivity index (χ3n) is 2.36. The van der Waals surface area contributed by atoms with Crippen molar-refractivity contribution in [2.45, 2.75) is 19.8 Å². The van der Waals surface area contributed by atoms with Crippen LogP contribution in [0.3, 0.4) is 0 Å². The lowest BCUT2D eigenvalue weighted by Crippen LogP contribution is -2.11. The smallest absolute Gasteiger partial charge is 0.295 e. The molecule has 18 heavy (non-hydrogen) atoms. The summed E-state index contributed by atoms with van der Waals surface area (Å²) in [7, 11) is 0. The molecule has 0 aromatic heterocycles. The molecule has 0 bridgehead atoms. The fourth-order valence-electron chi connectivity index (χ4n) is 1.41. The van der Waals surface area contributed by atoms with Crippen LogP contribution in [0.2, 0.25) is 0 Å². The molecule has 0 fully saturated rings. The molecule has 6 heteroatoms. The maximum Gasteiger partial charge on any atom is 0.295 e. The van der Waals surface area contributed by atoms with Crippen LogP contribution in [0.25, 0.3) is 0 Å². The van der Waals surface area contributed by atoms with Crippen molar-refractivity contribution in [3.05, 3.63) is 34.1 Å². The molecule has 1 aromatic carbocycles. The molecule has 0 aliphatic rings. The Morgan fingerprint density at radius 1 is 1.44 bits per heavy atom. The van der Waals surface area contributed by atoms with Gasteiger partial charge in [-0.25, -0.2) is 4.39 Å². The summed E-state index contributed by atoms with van der Waals surface area (Å²) in [5.74, 6) is -0.619. The molecular formula is C12H17FN2O3. The predicted molar refractivity (Wildman–Crippen MR) is 67.3 cm³/mol. The van der Waals surface area contributed by atoms with Crippen molar-refractivity contribution >= 4 is 11.4 Å². The first kappa shape index (κ1) is 14.4. The van der Waals surface area contributed by atoms with Crippen molar-refractivity contribution in [2.24, 2.45) is 0 Å². The Labute approximate surface area is 105 Å². The van der Waals surface area contributed by atoms with Gasteiger partial charge >= 0.3 is 0 Å². The van der Waals surface area contributed by atoms with Gasteiger partial charge in [-0.3, -0.25) is 10.1 Å². The quantitative estimate of drug-likeness (QED) is 0.441. The largest absolute Gasteiger partial charge is 0.380 e. The minimum absolute atomic E-state index is 0.261. The second kappa shape index (κ2) is 7.60. The Morgan fingerprint density at radius 3 is 2.89 bits per heavy atom. The van der Waals surface area contributed by atoms with E-state index in [2.05, 4.69) is 12.2 Å². The summed E-state index contributed by atoms with van der Waals surface area (Å²) in [4.78, 5) is 10.1. The number of unbranched alkanes of at least 4 members (excludes halogenated alkanes) is 1.